The first-order valence-electron chi connectivity index (χ1n) is 13.8. The van der Waals surface area contributed by atoms with Gasteiger partial charge < -0.3 is 9.22 Å². The zero-order valence-corrected chi connectivity index (χ0v) is 23.0. The van der Waals surface area contributed by atoms with Gasteiger partial charge in [-0.25, -0.2) is 0 Å². The first kappa shape index (κ1) is 26.5. The summed E-state index contributed by atoms with van der Waals surface area (Å²) in [6.45, 7) is 2.57. The summed E-state index contributed by atoms with van der Waals surface area (Å²) in [5.41, 5.74) is 6.21. The van der Waals surface area contributed by atoms with Gasteiger partial charge in [-0.1, -0.05) is 121 Å². The monoisotopic (exact) mass is 512 g/mol. The Kier molecular flexibility index (Phi) is 8.24. The zero-order valence-electron chi connectivity index (χ0n) is 23.0. The number of benzene rings is 5. The maximum absolute atomic E-state index is 6.40. The largest absolute Gasteiger partial charge is 0.494 e. The van der Waals surface area contributed by atoms with Crippen LogP contribution in [0.4, 0.5) is 0 Å². The van der Waals surface area contributed by atoms with Gasteiger partial charge in [0, 0.05) is 16.5 Å². The summed E-state index contributed by atoms with van der Waals surface area (Å²) in [4.78, 5) is 0. The molecule has 0 aliphatic carbocycles. The number of hydrogen-bond acceptors (Lipinski definition) is 1. The smallest absolute Gasteiger partial charge is 0.119 e. The molecule has 0 amide bonds. The predicted molar refractivity (Wildman–Crippen MR) is 162 cm³/mol. The predicted octanol–water partition coefficient (Wildman–Crippen LogP) is 8.27. The van der Waals surface area contributed by atoms with E-state index in [1.807, 2.05) is 0 Å². The summed E-state index contributed by atoms with van der Waals surface area (Å²) in [6.07, 6.45) is 0.827. The Bertz CT molecular complexity index is 1320. The molecule has 2 heteroatoms. The average Bonchev–Trinajstić information content (AvgIpc) is 2.98. The van der Waals surface area contributed by atoms with Gasteiger partial charge >= 0.3 is 0 Å². The van der Waals surface area contributed by atoms with Crippen LogP contribution in [0, 0.1) is 0 Å². The Hall–Kier alpha value is -4.14. The summed E-state index contributed by atoms with van der Waals surface area (Å²) in [5.74, 6) is 0.912. The second-order valence-electron chi connectivity index (χ2n) is 11.0. The van der Waals surface area contributed by atoms with Crippen LogP contribution in [-0.2, 0) is 18.5 Å². The molecule has 0 N–H and O–H groups in total. The fourth-order valence-corrected chi connectivity index (χ4v) is 5.74. The molecular formula is C37H38NO+. The van der Waals surface area contributed by atoms with Crippen molar-refractivity contribution in [2.45, 2.75) is 24.9 Å². The second kappa shape index (κ2) is 12.1. The highest BCUT2D eigenvalue weighted by Gasteiger charge is 2.36. The van der Waals surface area contributed by atoms with Gasteiger partial charge in [0.2, 0.25) is 0 Å². The molecule has 0 spiro atoms. The molecule has 2 nitrogen and oxygen atoms in total. The number of rotatable bonds is 11. The molecule has 0 heterocycles. The fourth-order valence-electron chi connectivity index (χ4n) is 5.74. The van der Waals surface area contributed by atoms with E-state index in [0.29, 0.717) is 6.61 Å². The fraction of sp³-hybridized carbons (Fsp3) is 0.189. The lowest BCUT2D eigenvalue weighted by molar-refractivity contribution is -0.916. The zero-order chi connectivity index (χ0) is 27.0. The van der Waals surface area contributed by atoms with Crippen LogP contribution in [0.15, 0.2) is 146 Å². The van der Waals surface area contributed by atoms with E-state index >= 15 is 0 Å². The Balaban J connectivity index is 1.33. The van der Waals surface area contributed by atoms with Crippen molar-refractivity contribution < 1.29 is 9.22 Å². The third-order valence-corrected chi connectivity index (χ3v) is 7.53. The van der Waals surface area contributed by atoms with Crippen molar-refractivity contribution >= 4 is 0 Å². The van der Waals surface area contributed by atoms with Gasteiger partial charge in [0.1, 0.15) is 18.8 Å². The van der Waals surface area contributed by atoms with E-state index in [1.54, 1.807) is 0 Å². The molecule has 5 rings (SSSR count). The van der Waals surface area contributed by atoms with Crippen molar-refractivity contribution in [2.24, 2.45) is 0 Å². The quantitative estimate of drug-likeness (QED) is 0.128. The van der Waals surface area contributed by atoms with Crippen molar-refractivity contribution in [1.82, 2.24) is 0 Å². The maximum Gasteiger partial charge on any atom is 0.119 e. The summed E-state index contributed by atoms with van der Waals surface area (Å²) < 4.78 is 7.30. The third kappa shape index (κ3) is 6.47. The van der Waals surface area contributed by atoms with E-state index in [4.69, 9.17) is 4.74 Å². The highest BCUT2D eigenvalue weighted by Crippen LogP contribution is 2.42. The Morgan fingerprint density at radius 3 is 1.31 bits per heavy atom. The van der Waals surface area contributed by atoms with Crippen LogP contribution in [0.2, 0.25) is 0 Å². The lowest BCUT2D eigenvalue weighted by atomic mass is 9.67. The first-order chi connectivity index (χ1) is 19.1. The molecule has 0 unspecified atom stereocenters. The first-order valence-corrected chi connectivity index (χ1v) is 13.8. The molecule has 0 aliphatic rings. The van der Waals surface area contributed by atoms with E-state index in [2.05, 4.69) is 160 Å². The lowest BCUT2D eigenvalue weighted by Crippen LogP contribution is -2.37. The minimum atomic E-state index is -0.303. The van der Waals surface area contributed by atoms with Crippen LogP contribution in [-0.4, -0.2) is 25.2 Å². The van der Waals surface area contributed by atoms with Crippen LogP contribution in [0.25, 0.3) is 0 Å². The minimum Gasteiger partial charge on any atom is -0.494 e. The summed E-state index contributed by atoms with van der Waals surface area (Å²) >= 11 is 0. The molecule has 0 saturated heterocycles. The second-order valence-corrected chi connectivity index (χ2v) is 11.0. The molecule has 0 atom stereocenters. The summed E-state index contributed by atoms with van der Waals surface area (Å²) in [6, 6.07) is 51.9. The van der Waals surface area contributed by atoms with Crippen LogP contribution in [0.5, 0.6) is 5.75 Å². The normalized spacial score (nSPS) is 11.7. The van der Waals surface area contributed by atoms with Gasteiger partial charge in [-0.05, 0) is 47.4 Å². The molecule has 39 heavy (non-hydrogen) atoms. The highest BCUT2D eigenvalue weighted by atomic mass is 16.5. The van der Waals surface area contributed by atoms with E-state index in [0.717, 1.165) is 29.7 Å². The van der Waals surface area contributed by atoms with Gasteiger partial charge in [-0.15, -0.1) is 0 Å². The third-order valence-electron chi connectivity index (χ3n) is 7.53. The number of quaternary nitrogens is 1. The highest BCUT2D eigenvalue weighted by molar-refractivity contribution is 5.50. The van der Waals surface area contributed by atoms with Crippen LogP contribution in [0.1, 0.15) is 34.2 Å². The van der Waals surface area contributed by atoms with Crippen molar-refractivity contribution in [2.75, 3.05) is 20.7 Å². The van der Waals surface area contributed by atoms with Crippen molar-refractivity contribution in [3.63, 3.8) is 0 Å². The van der Waals surface area contributed by atoms with Crippen molar-refractivity contribution in [1.29, 1.82) is 0 Å². The number of nitrogens with zero attached hydrogens (tertiary/aromatic N) is 1. The molecule has 5 aromatic rings. The Labute approximate surface area is 233 Å². The van der Waals surface area contributed by atoms with E-state index < -0.39 is 0 Å². The molecule has 0 aliphatic heterocycles. The van der Waals surface area contributed by atoms with E-state index in [-0.39, 0.29) is 5.41 Å². The minimum absolute atomic E-state index is 0.303. The molecular weight excluding hydrogens is 474 g/mol. The Morgan fingerprint density at radius 2 is 0.872 bits per heavy atom. The maximum atomic E-state index is 6.40. The average molecular weight is 513 g/mol. The van der Waals surface area contributed by atoms with E-state index in [9.17, 15) is 0 Å². The number of ether oxygens (including phenoxy) is 1. The van der Waals surface area contributed by atoms with Crippen LogP contribution >= 0.6 is 0 Å². The van der Waals surface area contributed by atoms with Gasteiger partial charge in [-0.3, -0.25) is 0 Å². The molecule has 0 aromatic heterocycles. The van der Waals surface area contributed by atoms with Gasteiger partial charge in [0.05, 0.1) is 20.7 Å². The molecule has 0 radical (unpaired) electrons. The van der Waals surface area contributed by atoms with E-state index in [1.165, 1.54) is 27.8 Å². The molecule has 5 aromatic carbocycles. The molecule has 0 fully saturated rings. The van der Waals surface area contributed by atoms with Crippen molar-refractivity contribution in [3.05, 3.63) is 173 Å². The Morgan fingerprint density at radius 1 is 0.487 bits per heavy atom. The molecule has 0 bridgehead atoms. The summed E-state index contributed by atoms with van der Waals surface area (Å²) in [7, 11) is 4.57. The lowest BCUT2D eigenvalue weighted by Gasteiger charge is -2.36. The van der Waals surface area contributed by atoms with Crippen LogP contribution < -0.4 is 4.74 Å². The SMILES string of the molecule is C[N+](C)(Cc1ccccc1)Cc1ccc(OCCC(c2ccccc2)(c2ccccc2)c2ccccc2)cc1. The van der Waals surface area contributed by atoms with Gasteiger partial charge in [0.15, 0.2) is 0 Å². The molecule has 196 valence electrons. The number of hydrogen-bond donors (Lipinski definition) is 0. The van der Waals surface area contributed by atoms with Gasteiger partial charge in [-0.2, -0.15) is 0 Å². The topological polar surface area (TPSA) is 9.23 Å². The molecule has 0 saturated carbocycles. The standard InChI is InChI=1S/C37H38NO/c1-38(2,29-31-15-7-3-8-16-31)30-32-23-25-36(26-24-32)39-28-27-37(33-17-9-4-10-18-33,34-19-11-5-12-20-34)35-21-13-6-14-22-35/h3-26H,27-30H2,1-2H3/q+1. The van der Waals surface area contributed by atoms with Crippen LogP contribution in [0.3, 0.4) is 0 Å². The van der Waals surface area contributed by atoms with Crippen molar-refractivity contribution in [3.8, 4) is 5.75 Å². The summed E-state index contributed by atoms with van der Waals surface area (Å²) in [5, 5.41) is 0. The van der Waals surface area contributed by atoms with Gasteiger partial charge in [0.25, 0.3) is 0 Å².